The zero-order valence-electron chi connectivity index (χ0n) is 13.9. The van der Waals surface area contributed by atoms with Gasteiger partial charge in [0.2, 0.25) is 0 Å². The minimum Gasteiger partial charge on any atom is -0.358 e. The van der Waals surface area contributed by atoms with Crippen LogP contribution >= 0.6 is 0 Å². The fraction of sp³-hybridized carbons (Fsp3) is 0.200. The van der Waals surface area contributed by atoms with E-state index in [1.54, 1.807) is 0 Å². The van der Waals surface area contributed by atoms with Crippen LogP contribution in [0.4, 0.5) is 0 Å². The van der Waals surface area contributed by atoms with Crippen molar-refractivity contribution < 1.29 is 0 Å². The Labute approximate surface area is 136 Å². The van der Waals surface area contributed by atoms with Gasteiger partial charge in [0.15, 0.2) is 0 Å². The molecule has 0 amide bonds. The van der Waals surface area contributed by atoms with Gasteiger partial charge in [0, 0.05) is 11.3 Å². The third-order valence-corrected chi connectivity index (χ3v) is 4.18. The SMILES string of the molecule is CC1=N/C(=C(/c2ccccc2)c2[nH]c(C)cc2C)C(C)=C1C#N. The second kappa shape index (κ2) is 5.73. The number of nitrogens with zero attached hydrogens (tertiary/aromatic N) is 2. The van der Waals surface area contributed by atoms with E-state index in [0.29, 0.717) is 5.57 Å². The lowest BCUT2D eigenvalue weighted by molar-refractivity contribution is 1.21. The fourth-order valence-electron chi connectivity index (χ4n) is 3.10. The van der Waals surface area contributed by atoms with Gasteiger partial charge in [-0.25, -0.2) is 0 Å². The maximum Gasteiger partial charge on any atom is 0.101 e. The number of nitrogens with one attached hydrogen (secondary N) is 1. The molecule has 3 heteroatoms. The van der Waals surface area contributed by atoms with Gasteiger partial charge < -0.3 is 4.98 Å². The van der Waals surface area contributed by atoms with Gasteiger partial charge in [-0.05, 0) is 50.5 Å². The predicted molar refractivity (Wildman–Crippen MR) is 94.2 cm³/mol. The van der Waals surface area contributed by atoms with Gasteiger partial charge in [0.1, 0.15) is 6.07 Å². The highest BCUT2D eigenvalue weighted by Crippen LogP contribution is 2.36. The van der Waals surface area contributed by atoms with Crippen LogP contribution < -0.4 is 0 Å². The highest BCUT2D eigenvalue weighted by atomic mass is 14.8. The Hall–Kier alpha value is -2.86. The van der Waals surface area contributed by atoms with Gasteiger partial charge in [0.05, 0.1) is 22.7 Å². The van der Waals surface area contributed by atoms with Crippen LogP contribution in [0.3, 0.4) is 0 Å². The summed E-state index contributed by atoms with van der Waals surface area (Å²) in [5.41, 5.74) is 8.81. The van der Waals surface area contributed by atoms with Gasteiger partial charge in [-0.3, -0.25) is 4.99 Å². The van der Waals surface area contributed by atoms with Crippen molar-refractivity contribution >= 4 is 11.3 Å². The molecule has 0 spiro atoms. The molecule has 2 aromatic rings. The zero-order chi connectivity index (χ0) is 16.6. The summed E-state index contributed by atoms with van der Waals surface area (Å²) in [6.07, 6.45) is 0. The molecule has 1 N–H and O–H groups in total. The third kappa shape index (κ3) is 2.53. The van der Waals surface area contributed by atoms with Crippen LogP contribution in [0.5, 0.6) is 0 Å². The van der Waals surface area contributed by atoms with Crippen molar-refractivity contribution in [1.29, 1.82) is 5.26 Å². The minimum atomic E-state index is 0.675. The van der Waals surface area contributed by atoms with Gasteiger partial charge in [-0.15, -0.1) is 0 Å². The number of aliphatic imine (C=N–C) groups is 1. The third-order valence-electron chi connectivity index (χ3n) is 4.18. The number of allylic oxidation sites excluding steroid dienone is 2. The molecule has 3 nitrogen and oxygen atoms in total. The summed E-state index contributed by atoms with van der Waals surface area (Å²) in [5.74, 6) is 0. The summed E-state index contributed by atoms with van der Waals surface area (Å²) in [4.78, 5) is 8.16. The average Bonchev–Trinajstić information content (AvgIpc) is 3.00. The van der Waals surface area contributed by atoms with E-state index in [2.05, 4.69) is 43.1 Å². The predicted octanol–water partition coefficient (Wildman–Crippen LogP) is 4.71. The highest BCUT2D eigenvalue weighted by molar-refractivity contribution is 6.08. The summed E-state index contributed by atoms with van der Waals surface area (Å²) >= 11 is 0. The van der Waals surface area contributed by atoms with E-state index in [4.69, 9.17) is 4.99 Å². The lowest BCUT2D eigenvalue weighted by Gasteiger charge is -2.12. The van der Waals surface area contributed by atoms with Crippen molar-refractivity contribution in [2.75, 3.05) is 0 Å². The number of hydrogen-bond donors (Lipinski definition) is 1. The molecule has 1 aromatic carbocycles. The van der Waals surface area contributed by atoms with Crippen molar-refractivity contribution in [2.24, 2.45) is 4.99 Å². The largest absolute Gasteiger partial charge is 0.358 e. The normalized spacial score (nSPS) is 16.4. The number of aryl methyl sites for hydroxylation is 2. The molecular weight excluding hydrogens is 282 g/mol. The monoisotopic (exact) mass is 301 g/mol. The number of aromatic nitrogens is 1. The van der Waals surface area contributed by atoms with Gasteiger partial charge in [0.25, 0.3) is 0 Å². The first-order chi connectivity index (χ1) is 11.0. The topological polar surface area (TPSA) is 51.9 Å². The van der Waals surface area contributed by atoms with Crippen LogP contribution in [-0.2, 0) is 0 Å². The molecule has 1 aliphatic heterocycles. The summed E-state index contributed by atoms with van der Waals surface area (Å²) in [6.45, 7) is 8.01. The van der Waals surface area contributed by atoms with Crippen molar-refractivity contribution in [1.82, 2.24) is 4.98 Å². The lowest BCUT2D eigenvalue weighted by atomic mass is 9.95. The smallest absolute Gasteiger partial charge is 0.101 e. The Morgan fingerprint density at radius 2 is 1.78 bits per heavy atom. The molecular formula is C20H19N3. The zero-order valence-corrected chi connectivity index (χ0v) is 13.9. The first kappa shape index (κ1) is 15.1. The van der Waals surface area contributed by atoms with E-state index >= 15 is 0 Å². The molecule has 0 atom stereocenters. The highest BCUT2D eigenvalue weighted by Gasteiger charge is 2.24. The number of hydrogen-bond acceptors (Lipinski definition) is 2. The van der Waals surface area contributed by atoms with Crippen LogP contribution in [0.25, 0.3) is 5.57 Å². The molecule has 0 fully saturated rings. The first-order valence-electron chi connectivity index (χ1n) is 7.66. The second-order valence-electron chi connectivity index (χ2n) is 5.91. The number of nitriles is 1. The van der Waals surface area contributed by atoms with Gasteiger partial charge >= 0.3 is 0 Å². The molecule has 23 heavy (non-hydrogen) atoms. The first-order valence-corrected chi connectivity index (χ1v) is 7.66. The average molecular weight is 301 g/mol. The molecule has 0 radical (unpaired) electrons. The Morgan fingerprint density at radius 1 is 1.09 bits per heavy atom. The van der Waals surface area contributed by atoms with Gasteiger partial charge in [-0.1, -0.05) is 30.3 Å². The Morgan fingerprint density at radius 3 is 2.30 bits per heavy atom. The van der Waals surface area contributed by atoms with Gasteiger partial charge in [-0.2, -0.15) is 5.26 Å². The Balaban J connectivity index is 2.36. The maximum atomic E-state index is 9.39. The Bertz CT molecular complexity index is 900. The molecule has 114 valence electrons. The maximum absolute atomic E-state index is 9.39. The van der Waals surface area contributed by atoms with E-state index in [1.165, 1.54) is 5.56 Å². The van der Waals surface area contributed by atoms with Crippen molar-refractivity contribution in [3.05, 3.63) is 75.8 Å². The van der Waals surface area contributed by atoms with Crippen LogP contribution in [-0.4, -0.2) is 10.7 Å². The molecule has 2 heterocycles. The Kier molecular flexibility index (Phi) is 3.75. The van der Waals surface area contributed by atoms with E-state index in [0.717, 1.165) is 39.5 Å². The summed E-state index contributed by atoms with van der Waals surface area (Å²) in [5, 5.41) is 9.39. The lowest BCUT2D eigenvalue weighted by Crippen LogP contribution is -1.96. The molecule has 0 unspecified atom stereocenters. The molecule has 0 saturated carbocycles. The molecule has 0 aliphatic carbocycles. The molecule has 3 rings (SSSR count). The van der Waals surface area contributed by atoms with E-state index in [-0.39, 0.29) is 0 Å². The molecule has 0 bridgehead atoms. The standard InChI is InChI=1S/C20H19N3/c1-12-10-13(2)22-19(12)18(16-8-6-5-7-9-16)20-14(3)17(11-21)15(4)23-20/h5-10,22H,1-4H3/b20-18-. The quantitative estimate of drug-likeness (QED) is 0.858. The van der Waals surface area contributed by atoms with Crippen molar-refractivity contribution in [3.8, 4) is 6.07 Å². The van der Waals surface area contributed by atoms with Crippen molar-refractivity contribution in [2.45, 2.75) is 27.7 Å². The van der Waals surface area contributed by atoms with E-state index in [9.17, 15) is 5.26 Å². The number of rotatable bonds is 2. The van der Waals surface area contributed by atoms with Crippen molar-refractivity contribution in [3.63, 3.8) is 0 Å². The van der Waals surface area contributed by atoms with Crippen LogP contribution in [0.15, 0.2) is 58.2 Å². The number of benzene rings is 1. The van der Waals surface area contributed by atoms with E-state index in [1.807, 2.05) is 32.0 Å². The second-order valence-corrected chi connectivity index (χ2v) is 5.91. The number of aromatic amines is 1. The number of H-pyrrole nitrogens is 1. The summed E-state index contributed by atoms with van der Waals surface area (Å²) in [6, 6.07) is 14.6. The summed E-state index contributed by atoms with van der Waals surface area (Å²) < 4.78 is 0. The minimum absolute atomic E-state index is 0.675. The fourth-order valence-corrected chi connectivity index (χ4v) is 3.10. The van der Waals surface area contributed by atoms with Crippen LogP contribution in [0, 0.1) is 25.2 Å². The van der Waals surface area contributed by atoms with Crippen LogP contribution in [0.2, 0.25) is 0 Å². The molecule has 1 aliphatic rings. The molecule has 0 saturated heterocycles. The van der Waals surface area contributed by atoms with E-state index < -0.39 is 0 Å². The summed E-state index contributed by atoms with van der Waals surface area (Å²) in [7, 11) is 0. The molecule has 1 aromatic heterocycles. The van der Waals surface area contributed by atoms with Crippen LogP contribution in [0.1, 0.15) is 36.4 Å².